The molecule has 2 nitrogen and oxygen atoms in total. The topological polar surface area (TPSA) is 21.3 Å². The molecule has 0 aliphatic heterocycles. The van der Waals surface area contributed by atoms with E-state index in [1.165, 1.54) is 5.56 Å². The summed E-state index contributed by atoms with van der Waals surface area (Å²) in [5.74, 6) is 0.547. The SMILES string of the molecule is CCC(NC(C)C)Oc1ccc(C2c3cc(F)ccc3-c3ccc4cc(Cl)ccc4c32)cc1. The Hall–Kier alpha value is -2.88. The van der Waals surface area contributed by atoms with Crippen LogP contribution in [0, 0.1) is 5.82 Å². The van der Waals surface area contributed by atoms with E-state index in [-0.39, 0.29) is 18.0 Å². The fraction of sp³-hybridized carbons (Fsp3) is 0.241. The lowest BCUT2D eigenvalue weighted by atomic mass is 9.86. The van der Waals surface area contributed by atoms with Crippen molar-refractivity contribution in [3.05, 3.63) is 100 Å². The summed E-state index contributed by atoms with van der Waals surface area (Å²) in [4.78, 5) is 0. The standard InChI is InChI=1S/C29H27ClFNO/c1-4-27(32-17(2)3)33-22-10-5-18(6-11-22)28-26-16-21(31)9-14-24(26)25-12-7-19-15-20(30)8-13-23(19)29(25)28/h5-17,27-28,32H,4H2,1-3H3. The van der Waals surface area contributed by atoms with Gasteiger partial charge in [0.2, 0.25) is 0 Å². The van der Waals surface area contributed by atoms with E-state index < -0.39 is 0 Å². The van der Waals surface area contributed by atoms with Crippen molar-refractivity contribution in [1.29, 1.82) is 0 Å². The molecule has 0 heterocycles. The predicted molar refractivity (Wildman–Crippen MR) is 135 cm³/mol. The minimum atomic E-state index is -0.218. The molecule has 33 heavy (non-hydrogen) atoms. The van der Waals surface area contributed by atoms with Gasteiger partial charge in [0.05, 0.1) is 0 Å². The Morgan fingerprint density at radius 2 is 1.70 bits per heavy atom. The first-order valence-electron chi connectivity index (χ1n) is 11.5. The lowest BCUT2D eigenvalue weighted by Gasteiger charge is -2.22. The molecule has 1 aliphatic carbocycles. The summed E-state index contributed by atoms with van der Waals surface area (Å²) >= 11 is 6.27. The molecule has 0 amide bonds. The number of hydrogen-bond acceptors (Lipinski definition) is 2. The quantitative estimate of drug-likeness (QED) is 0.260. The van der Waals surface area contributed by atoms with Gasteiger partial charge in [0.25, 0.3) is 0 Å². The Labute approximate surface area is 199 Å². The monoisotopic (exact) mass is 459 g/mol. The lowest BCUT2D eigenvalue weighted by molar-refractivity contribution is 0.149. The molecule has 2 unspecified atom stereocenters. The minimum Gasteiger partial charge on any atom is -0.475 e. The van der Waals surface area contributed by atoms with E-state index in [2.05, 4.69) is 56.4 Å². The summed E-state index contributed by atoms with van der Waals surface area (Å²) in [6.45, 7) is 6.33. The molecule has 4 aromatic carbocycles. The Bertz CT molecular complexity index is 1320. The van der Waals surface area contributed by atoms with Crippen molar-refractivity contribution < 1.29 is 9.13 Å². The summed E-state index contributed by atoms with van der Waals surface area (Å²) in [5.41, 5.74) is 5.54. The third-order valence-corrected chi connectivity index (χ3v) is 6.54. The van der Waals surface area contributed by atoms with Gasteiger partial charge in [0.1, 0.15) is 17.8 Å². The molecule has 0 aromatic heterocycles. The van der Waals surface area contributed by atoms with Crippen LogP contribution in [-0.2, 0) is 0 Å². The van der Waals surface area contributed by atoms with Gasteiger partial charge >= 0.3 is 0 Å². The van der Waals surface area contributed by atoms with Gasteiger partial charge in [0, 0.05) is 17.0 Å². The molecule has 0 saturated carbocycles. The molecule has 0 spiro atoms. The van der Waals surface area contributed by atoms with Crippen LogP contribution >= 0.6 is 11.6 Å². The van der Waals surface area contributed by atoms with Crippen molar-refractivity contribution >= 4 is 22.4 Å². The first kappa shape index (κ1) is 21.9. The summed E-state index contributed by atoms with van der Waals surface area (Å²) in [7, 11) is 0. The van der Waals surface area contributed by atoms with Crippen LogP contribution in [0.1, 0.15) is 49.8 Å². The van der Waals surface area contributed by atoms with Crippen LogP contribution < -0.4 is 10.1 Å². The number of halogens is 2. The van der Waals surface area contributed by atoms with Gasteiger partial charge < -0.3 is 4.74 Å². The van der Waals surface area contributed by atoms with Gasteiger partial charge in [-0.2, -0.15) is 0 Å². The summed E-state index contributed by atoms with van der Waals surface area (Å²) in [6, 6.07) is 23.9. The van der Waals surface area contributed by atoms with Crippen LogP contribution in [0.5, 0.6) is 5.75 Å². The zero-order valence-electron chi connectivity index (χ0n) is 19.0. The Kier molecular flexibility index (Phi) is 5.86. The Morgan fingerprint density at radius 1 is 0.939 bits per heavy atom. The molecular weight excluding hydrogens is 433 g/mol. The smallest absolute Gasteiger partial charge is 0.150 e. The van der Waals surface area contributed by atoms with Crippen LogP contribution in [0.4, 0.5) is 4.39 Å². The number of ether oxygens (including phenoxy) is 1. The number of rotatable bonds is 6. The van der Waals surface area contributed by atoms with Crippen molar-refractivity contribution in [2.24, 2.45) is 0 Å². The van der Waals surface area contributed by atoms with E-state index in [1.54, 1.807) is 12.1 Å². The van der Waals surface area contributed by atoms with Crippen LogP contribution in [0.2, 0.25) is 5.02 Å². The molecule has 0 fully saturated rings. The molecule has 0 radical (unpaired) electrons. The zero-order valence-corrected chi connectivity index (χ0v) is 19.8. The maximum Gasteiger partial charge on any atom is 0.150 e. The van der Waals surface area contributed by atoms with Gasteiger partial charge in [-0.25, -0.2) is 4.39 Å². The van der Waals surface area contributed by atoms with Crippen LogP contribution in [0.15, 0.2) is 72.8 Å². The third-order valence-electron chi connectivity index (χ3n) is 6.31. The average molecular weight is 460 g/mol. The Balaban J connectivity index is 1.59. The van der Waals surface area contributed by atoms with E-state index in [4.69, 9.17) is 16.3 Å². The minimum absolute atomic E-state index is 0.0356. The molecule has 4 heteroatoms. The highest BCUT2D eigenvalue weighted by atomic mass is 35.5. The van der Waals surface area contributed by atoms with Crippen molar-refractivity contribution in [3.63, 3.8) is 0 Å². The fourth-order valence-corrected chi connectivity index (χ4v) is 5.08. The summed E-state index contributed by atoms with van der Waals surface area (Å²) in [5, 5.41) is 6.37. The second kappa shape index (κ2) is 8.81. The summed E-state index contributed by atoms with van der Waals surface area (Å²) < 4.78 is 20.5. The van der Waals surface area contributed by atoms with E-state index in [1.807, 2.05) is 30.3 Å². The maximum absolute atomic E-state index is 14.3. The first-order valence-corrected chi connectivity index (χ1v) is 11.9. The van der Waals surface area contributed by atoms with Gasteiger partial charge in [-0.3, -0.25) is 5.32 Å². The molecular formula is C29H27ClFNO. The predicted octanol–water partition coefficient (Wildman–Crippen LogP) is 7.91. The fourth-order valence-electron chi connectivity index (χ4n) is 4.90. The molecule has 0 bridgehead atoms. The van der Waals surface area contributed by atoms with Crippen LogP contribution in [-0.4, -0.2) is 12.3 Å². The van der Waals surface area contributed by atoms with Crippen molar-refractivity contribution in [2.75, 3.05) is 0 Å². The van der Waals surface area contributed by atoms with Gasteiger partial charge in [-0.05, 0) is 95.3 Å². The number of hydrogen-bond donors (Lipinski definition) is 1. The number of fused-ring (bicyclic) bond motifs is 5. The molecule has 2 atom stereocenters. The van der Waals surface area contributed by atoms with Gasteiger partial charge in [0.15, 0.2) is 0 Å². The normalized spacial score (nSPS) is 15.5. The van der Waals surface area contributed by atoms with Crippen molar-refractivity contribution in [2.45, 2.75) is 45.4 Å². The van der Waals surface area contributed by atoms with E-state index in [0.717, 1.165) is 45.2 Å². The highest BCUT2D eigenvalue weighted by Crippen LogP contribution is 2.51. The second-order valence-corrected chi connectivity index (χ2v) is 9.40. The molecule has 1 N–H and O–H groups in total. The Morgan fingerprint density at radius 3 is 2.42 bits per heavy atom. The molecule has 5 rings (SSSR count). The maximum atomic E-state index is 14.3. The molecule has 4 aromatic rings. The van der Waals surface area contributed by atoms with E-state index in [0.29, 0.717) is 11.1 Å². The highest BCUT2D eigenvalue weighted by molar-refractivity contribution is 6.31. The zero-order chi connectivity index (χ0) is 23.1. The summed E-state index contributed by atoms with van der Waals surface area (Å²) in [6.07, 6.45) is 0.837. The largest absolute Gasteiger partial charge is 0.475 e. The molecule has 0 saturated heterocycles. The molecule has 1 aliphatic rings. The van der Waals surface area contributed by atoms with Crippen molar-refractivity contribution in [1.82, 2.24) is 5.32 Å². The van der Waals surface area contributed by atoms with Gasteiger partial charge in [-0.15, -0.1) is 0 Å². The van der Waals surface area contributed by atoms with Gasteiger partial charge in [-0.1, -0.05) is 54.9 Å². The van der Waals surface area contributed by atoms with Crippen LogP contribution in [0.3, 0.4) is 0 Å². The van der Waals surface area contributed by atoms with Crippen LogP contribution in [0.25, 0.3) is 21.9 Å². The number of benzene rings is 4. The van der Waals surface area contributed by atoms with Crippen molar-refractivity contribution in [3.8, 4) is 16.9 Å². The molecule has 168 valence electrons. The lowest BCUT2D eigenvalue weighted by Crippen LogP contribution is -2.38. The second-order valence-electron chi connectivity index (χ2n) is 8.96. The highest BCUT2D eigenvalue weighted by Gasteiger charge is 2.32. The third kappa shape index (κ3) is 4.12. The van der Waals surface area contributed by atoms with E-state index >= 15 is 0 Å². The number of nitrogens with one attached hydrogen (secondary N) is 1. The average Bonchev–Trinajstić information content (AvgIpc) is 3.12. The van der Waals surface area contributed by atoms with E-state index in [9.17, 15) is 4.39 Å². The first-order chi connectivity index (χ1) is 15.9.